The largest absolute Gasteiger partial charge is 0.492 e. The summed E-state index contributed by atoms with van der Waals surface area (Å²) in [6.07, 6.45) is 0. The molecule has 0 bridgehead atoms. The summed E-state index contributed by atoms with van der Waals surface area (Å²) in [6.45, 7) is 3.56. The number of rotatable bonds is 6. The molecule has 31 heavy (non-hydrogen) atoms. The zero-order chi connectivity index (χ0) is 22.0. The van der Waals surface area contributed by atoms with Crippen LogP contribution in [0.4, 0.5) is 10.5 Å². The van der Waals surface area contributed by atoms with Crippen molar-refractivity contribution in [1.29, 1.82) is 0 Å². The van der Waals surface area contributed by atoms with Crippen molar-refractivity contribution in [3.8, 4) is 5.75 Å². The van der Waals surface area contributed by atoms with Gasteiger partial charge < -0.3 is 15.4 Å². The number of benzene rings is 3. The second-order valence-corrected chi connectivity index (χ2v) is 7.45. The normalized spacial score (nSPS) is 18.2. The van der Waals surface area contributed by atoms with Gasteiger partial charge in [-0.25, -0.2) is 4.79 Å². The lowest BCUT2D eigenvalue weighted by Gasteiger charge is -2.24. The van der Waals surface area contributed by atoms with Crippen LogP contribution in [0, 0.1) is 0 Å². The van der Waals surface area contributed by atoms with Crippen LogP contribution in [-0.4, -0.2) is 35.9 Å². The molecule has 158 valence electrons. The lowest BCUT2D eigenvalue weighted by Crippen LogP contribution is -2.42. The number of fused-ring (bicyclic) bond motifs is 1. The number of carbonyl (C=O) groups excluding carboxylic acids is 3. The van der Waals surface area contributed by atoms with Gasteiger partial charge in [0.25, 0.3) is 5.91 Å². The summed E-state index contributed by atoms with van der Waals surface area (Å²) in [4.78, 5) is 39.5. The third-order valence-corrected chi connectivity index (χ3v) is 5.37. The fraction of sp³-hybridized carbons (Fsp3) is 0.208. The van der Waals surface area contributed by atoms with Crippen molar-refractivity contribution in [2.45, 2.75) is 19.4 Å². The van der Waals surface area contributed by atoms with E-state index in [1.165, 1.54) is 0 Å². The lowest BCUT2D eigenvalue weighted by atomic mass is 9.88. The summed E-state index contributed by atoms with van der Waals surface area (Å²) in [5.74, 6) is -0.434. The number of carbonyl (C=O) groups is 3. The van der Waals surface area contributed by atoms with Crippen LogP contribution in [0.3, 0.4) is 0 Å². The average Bonchev–Trinajstić information content (AvgIpc) is 2.98. The molecule has 1 fully saturated rings. The van der Waals surface area contributed by atoms with Crippen LogP contribution in [-0.2, 0) is 15.1 Å². The molecule has 0 unspecified atom stereocenters. The molecule has 1 atom stereocenters. The van der Waals surface area contributed by atoms with Crippen molar-refractivity contribution in [2.75, 3.05) is 18.5 Å². The molecule has 0 spiro atoms. The Bertz CT molecular complexity index is 1170. The van der Waals surface area contributed by atoms with Gasteiger partial charge in [0.05, 0.1) is 12.3 Å². The van der Waals surface area contributed by atoms with Gasteiger partial charge in [-0.3, -0.25) is 14.5 Å². The maximum absolute atomic E-state index is 13.3. The Balaban J connectivity index is 1.57. The average molecular weight is 417 g/mol. The van der Waals surface area contributed by atoms with E-state index in [0.717, 1.165) is 15.7 Å². The summed E-state index contributed by atoms with van der Waals surface area (Å²) in [5, 5.41) is 7.33. The van der Waals surface area contributed by atoms with Crippen LogP contribution < -0.4 is 15.4 Å². The number of hydrogen-bond acceptors (Lipinski definition) is 4. The van der Waals surface area contributed by atoms with Crippen LogP contribution in [0.1, 0.15) is 19.4 Å². The highest BCUT2D eigenvalue weighted by atomic mass is 16.5. The number of amides is 4. The predicted molar refractivity (Wildman–Crippen MR) is 118 cm³/mol. The van der Waals surface area contributed by atoms with Crippen LogP contribution in [0.5, 0.6) is 5.75 Å². The molecule has 4 rings (SSSR count). The topological polar surface area (TPSA) is 87.7 Å². The van der Waals surface area contributed by atoms with Crippen LogP contribution in [0.15, 0.2) is 66.7 Å². The molecule has 0 aromatic heterocycles. The molecule has 1 heterocycles. The maximum Gasteiger partial charge on any atom is 0.325 e. The number of hydrogen-bond donors (Lipinski definition) is 2. The van der Waals surface area contributed by atoms with Gasteiger partial charge in [-0.05, 0) is 42.3 Å². The van der Waals surface area contributed by atoms with Crippen molar-refractivity contribution >= 4 is 34.3 Å². The monoisotopic (exact) mass is 417 g/mol. The summed E-state index contributed by atoms with van der Waals surface area (Å²) in [5.41, 5.74) is -0.0895. The minimum Gasteiger partial charge on any atom is -0.492 e. The number of ether oxygens (including phenoxy) is 1. The van der Waals surface area contributed by atoms with Crippen molar-refractivity contribution in [3.05, 3.63) is 72.3 Å². The number of anilines is 1. The van der Waals surface area contributed by atoms with E-state index in [0.29, 0.717) is 23.6 Å². The summed E-state index contributed by atoms with van der Waals surface area (Å²) in [6, 6.07) is 19.7. The van der Waals surface area contributed by atoms with E-state index in [4.69, 9.17) is 4.74 Å². The van der Waals surface area contributed by atoms with E-state index in [9.17, 15) is 14.4 Å². The number of para-hydroxylation sites is 2. The van der Waals surface area contributed by atoms with Gasteiger partial charge in [0.15, 0.2) is 0 Å². The zero-order valence-electron chi connectivity index (χ0n) is 17.3. The molecule has 2 N–H and O–H groups in total. The fourth-order valence-corrected chi connectivity index (χ4v) is 3.87. The number of urea groups is 1. The molecule has 7 nitrogen and oxygen atoms in total. The first-order valence-electron chi connectivity index (χ1n) is 10.1. The minimum absolute atomic E-state index is 0.397. The molecule has 4 amide bonds. The third-order valence-electron chi connectivity index (χ3n) is 5.37. The van der Waals surface area contributed by atoms with E-state index in [-0.39, 0.29) is 0 Å². The third kappa shape index (κ3) is 3.70. The van der Waals surface area contributed by atoms with Gasteiger partial charge in [0.2, 0.25) is 5.91 Å². The first-order chi connectivity index (χ1) is 14.9. The molecule has 1 aliphatic heterocycles. The molecule has 0 radical (unpaired) electrons. The van der Waals surface area contributed by atoms with E-state index < -0.39 is 29.9 Å². The van der Waals surface area contributed by atoms with Gasteiger partial charge in [-0.2, -0.15) is 0 Å². The van der Waals surface area contributed by atoms with Gasteiger partial charge in [0.1, 0.15) is 17.8 Å². The van der Waals surface area contributed by atoms with Gasteiger partial charge in [-0.15, -0.1) is 0 Å². The molecule has 3 aromatic carbocycles. The SMILES string of the molecule is CCOc1ccccc1NC(=O)CN1C(=O)N[C@](C)(c2cccc3ccccc23)C1=O. The molecule has 0 aliphatic carbocycles. The quantitative estimate of drug-likeness (QED) is 0.600. The highest BCUT2D eigenvalue weighted by molar-refractivity contribution is 6.11. The molecular weight excluding hydrogens is 394 g/mol. The summed E-state index contributed by atoms with van der Waals surface area (Å²) < 4.78 is 5.51. The highest BCUT2D eigenvalue weighted by Crippen LogP contribution is 2.34. The standard InChI is InChI=1S/C24H23N3O4/c1-3-31-20-14-7-6-13-19(20)25-21(28)15-27-22(29)24(2,26-23(27)30)18-12-8-10-16-9-4-5-11-17(16)18/h4-14H,3,15H2,1-2H3,(H,25,28)(H,26,30)/t24-/m1/s1. The zero-order valence-corrected chi connectivity index (χ0v) is 17.3. The Morgan fingerprint density at radius 1 is 1.03 bits per heavy atom. The van der Waals surface area contributed by atoms with Crippen LogP contribution in [0.2, 0.25) is 0 Å². The molecule has 1 saturated heterocycles. The maximum atomic E-state index is 13.3. The Morgan fingerprint density at radius 3 is 2.55 bits per heavy atom. The van der Waals surface area contributed by atoms with E-state index in [1.54, 1.807) is 31.2 Å². The first kappa shape index (κ1) is 20.4. The smallest absolute Gasteiger partial charge is 0.325 e. The second kappa shape index (κ2) is 8.10. The van der Waals surface area contributed by atoms with Gasteiger partial charge in [0, 0.05) is 0 Å². The van der Waals surface area contributed by atoms with E-state index >= 15 is 0 Å². The molecular formula is C24H23N3O4. The first-order valence-corrected chi connectivity index (χ1v) is 10.1. The highest BCUT2D eigenvalue weighted by Gasteiger charge is 2.50. The Hall–Kier alpha value is -3.87. The minimum atomic E-state index is -1.26. The van der Waals surface area contributed by atoms with Crippen molar-refractivity contribution in [3.63, 3.8) is 0 Å². The van der Waals surface area contributed by atoms with Crippen molar-refractivity contribution in [2.24, 2.45) is 0 Å². The number of imide groups is 1. The summed E-state index contributed by atoms with van der Waals surface area (Å²) >= 11 is 0. The number of nitrogens with zero attached hydrogens (tertiary/aromatic N) is 1. The summed E-state index contributed by atoms with van der Waals surface area (Å²) in [7, 11) is 0. The van der Waals surface area contributed by atoms with Gasteiger partial charge >= 0.3 is 6.03 Å². The Labute approximate surface area is 180 Å². The Morgan fingerprint density at radius 2 is 1.74 bits per heavy atom. The second-order valence-electron chi connectivity index (χ2n) is 7.45. The Kier molecular flexibility index (Phi) is 5.33. The van der Waals surface area contributed by atoms with E-state index in [1.807, 2.05) is 49.4 Å². The molecule has 0 saturated carbocycles. The van der Waals surface area contributed by atoms with Crippen molar-refractivity contribution in [1.82, 2.24) is 10.2 Å². The predicted octanol–water partition coefficient (Wildman–Crippen LogP) is 3.64. The van der Waals surface area contributed by atoms with Crippen LogP contribution in [0.25, 0.3) is 10.8 Å². The van der Waals surface area contributed by atoms with E-state index in [2.05, 4.69) is 10.6 Å². The molecule has 1 aliphatic rings. The lowest BCUT2D eigenvalue weighted by molar-refractivity contribution is -0.133. The van der Waals surface area contributed by atoms with Crippen LogP contribution >= 0.6 is 0 Å². The van der Waals surface area contributed by atoms with Crippen molar-refractivity contribution < 1.29 is 19.1 Å². The molecule has 7 heteroatoms. The van der Waals surface area contributed by atoms with Gasteiger partial charge in [-0.1, -0.05) is 54.6 Å². The molecule has 3 aromatic rings. The fourth-order valence-electron chi connectivity index (χ4n) is 3.87. The number of nitrogens with one attached hydrogen (secondary N) is 2.